The minimum absolute atomic E-state index is 0.0193. The first-order valence-electron chi connectivity index (χ1n) is 23.9. The highest BCUT2D eigenvalue weighted by Gasteiger charge is 2.53. The number of nitrogens with zero attached hydrogens (tertiary/aromatic N) is 1. The van der Waals surface area contributed by atoms with Crippen LogP contribution in [0.4, 0.5) is 0 Å². The summed E-state index contributed by atoms with van der Waals surface area (Å²) in [6, 6.07) is -1.14. The van der Waals surface area contributed by atoms with E-state index in [-0.39, 0.29) is 54.8 Å². The van der Waals surface area contributed by atoms with Gasteiger partial charge < -0.3 is 43.9 Å². The first-order chi connectivity index (χ1) is 30.7. The monoisotopic (exact) mass is 914 g/mol. The smallest absolute Gasteiger partial charge is 0.329 e. The third kappa shape index (κ3) is 14.3. The lowest BCUT2D eigenvalue weighted by Crippen LogP contribution is -2.61. The number of carbonyl (C=O) groups is 5. The van der Waals surface area contributed by atoms with Crippen LogP contribution in [0.25, 0.3) is 0 Å². The van der Waals surface area contributed by atoms with Crippen molar-refractivity contribution in [2.75, 3.05) is 27.9 Å². The van der Waals surface area contributed by atoms with Crippen LogP contribution < -0.4 is 0 Å². The molecule has 0 aromatic rings. The fourth-order valence-corrected chi connectivity index (χ4v) is 10.1. The number of carbonyl (C=O) groups excluding carboxylic acids is 5. The fourth-order valence-electron chi connectivity index (χ4n) is 10.1. The van der Waals surface area contributed by atoms with Crippen LogP contribution in [0.2, 0.25) is 0 Å². The van der Waals surface area contributed by atoms with Crippen molar-refractivity contribution in [1.82, 2.24) is 4.90 Å². The molecule has 14 heteroatoms. The zero-order chi connectivity index (χ0) is 48.2. The topological polar surface area (TPSA) is 195 Å². The van der Waals surface area contributed by atoms with Gasteiger partial charge in [0.1, 0.15) is 30.1 Å². The molecule has 1 amide bonds. The number of Topliss-reactive ketones (excluding diaryl/α,β-unsaturated/α-hetero) is 3. The molecule has 3 heterocycles. The number of rotatable bonds is 6. The first-order valence-corrected chi connectivity index (χ1v) is 23.9. The van der Waals surface area contributed by atoms with Crippen LogP contribution in [-0.4, -0.2) is 132 Å². The molecule has 4 rings (SSSR count). The molecule has 0 aromatic carbocycles. The van der Waals surface area contributed by atoms with Crippen molar-refractivity contribution in [3.05, 3.63) is 47.6 Å². The van der Waals surface area contributed by atoms with E-state index in [0.29, 0.717) is 63.4 Å². The number of methoxy groups -OCH3 is 3. The maximum absolute atomic E-state index is 14.4. The Hall–Kier alpha value is -3.37. The molecule has 0 spiro atoms. The second-order valence-electron chi connectivity index (χ2n) is 19.6. The molecule has 1 saturated carbocycles. The van der Waals surface area contributed by atoms with Crippen LogP contribution in [0.5, 0.6) is 0 Å². The zero-order valence-electron chi connectivity index (χ0n) is 40.6. The van der Waals surface area contributed by atoms with Gasteiger partial charge in [0.05, 0.1) is 24.4 Å². The van der Waals surface area contributed by atoms with Gasteiger partial charge >= 0.3 is 5.97 Å². The van der Waals surface area contributed by atoms with Crippen LogP contribution in [0, 0.1) is 35.5 Å². The molecule has 1 aliphatic carbocycles. The van der Waals surface area contributed by atoms with Gasteiger partial charge in [-0.1, -0.05) is 71.1 Å². The van der Waals surface area contributed by atoms with Gasteiger partial charge in [0.25, 0.3) is 11.7 Å². The van der Waals surface area contributed by atoms with Gasteiger partial charge in [-0.25, -0.2) is 4.79 Å². The SMILES string of the molecule is CO[C@H]1C[C@@H]2CC[C@@H](C)[C@@](O)(O2)C(=O)C(=O)N2CCCC[C@H]2C(=O)O[C@H]([C@H](C)C[C@@H]2CC[C@@H](O)[C@H](OC)C2)CC(=O)[C@H](C)/C=C(\C)C(O)[C@@H](OC)C(=O)[C@H](C)C[C@H](C)/C=C/C=CC=C1C. The second-order valence-corrected chi connectivity index (χ2v) is 19.6. The summed E-state index contributed by atoms with van der Waals surface area (Å²) in [6.07, 6.45) is 11.2. The predicted octanol–water partition coefficient (Wildman–Crippen LogP) is 6.18. The number of aliphatic hydroxyl groups excluding tert-OH is 2. The summed E-state index contributed by atoms with van der Waals surface area (Å²) in [4.78, 5) is 71.8. The average molecular weight is 914 g/mol. The van der Waals surface area contributed by atoms with Crippen molar-refractivity contribution in [2.24, 2.45) is 35.5 Å². The minimum atomic E-state index is -2.43. The van der Waals surface area contributed by atoms with Crippen molar-refractivity contribution in [2.45, 2.75) is 180 Å². The maximum atomic E-state index is 14.4. The number of piperidine rings is 1. The number of ketones is 3. The molecular weight excluding hydrogens is 835 g/mol. The molecular formula is C51H79NO13. The lowest BCUT2D eigenvalue weighted by Gasteiger charge is -2.42. The average Bonchev–Trinajstić information content (AvgIpc) is 3.28. The Morgan fingerprint density at radius 3 is 2.25 bits per heavy atom. The van der Waals surface area contributed by atoms with E-state index >= 15 is 0 Å². The Labute approximate surface area is 387 Å². The van der Waals surface area contributed by atoms with Crippen LogP contribution in [0.1, 0.15) is 126 Å². The third-order valence-corrected chi connectivity index (χ3v) is 14.5. The Morgan fingerprint density at radius 1 is 0.846 bits per heavy atom. The van der Waals surface area contributed by atoms with Crippen LogP contribution in [0.15, 0.2) is 47.6 Å². The number of allylic oxidation sites excluding steroid dienone is 6. The second kappa shape index (κ2) is 25.1. The van der Waals surface area contributed by atoms with Gasteiger partial charge in [-0.15, -0.1) is 0 Å². The third-order valence-electron chi connectivity index (χ3n) is 14.5. The molecule has 3 aliphatic heterocycles. The molecule has 3 fully saturated rings. The molecule has 3 N–H and O–H groups in total. The Kier molecular flexibility index (Phi) is 21.0. The number of cyclic esters (lactones) is 1. The van der Waals surface area contributed by atoms with Crippen molar-refractivity contribution in [3.63, 3.8) is 0 Å². The summed E-state index contributed by atoms with van der Waals surface area (Å²) < 4.78 is 29.4. The zero-order valence-corrected chi connectivity index (χ0v) is 40.6. The highest BCUT2D eigenvalue weighted by atomic mass is 16.6. The van der Waals surface area contributed by atoms with E-state index in [1.54, 1.807) is 41.1 Å². The van der Waals surface area contributed by atoms with Gasteiger partial charge in [-0.3, -0.25) is 19.2 Å². The standard InChI is InChI=1S/C51H79NO13/c1-30-16-12-11-13-17-31(2)42(61-8)28-38-21-19-36(7)51(60,65-38)48(57)49(58)52-23-15-14-18-39(52)50(59)64-43(33(4)26-37-20-22-40(53)44(27-37)62-9)29-41(54)32(3)25-35(6)46(56)47(63-10)45(55)34(5)24-30/h11-13,16-17,25,30,32-34,36-40,42-44,46-47,53,56,60H,14-15,18-24,26-29H2,1-10H3/b13-11?,16-12+,31-17?,35-25+/t30-,32-,33-,34-,36-,37+,38+,39+,40-,42+,43+,44-,46?,47+,51-/m1/s1. The largest absolute Gasteiger partial charge is 0.460 e. The van der Waals surface area contributed by atoms with Crippen molar-refractivity contribution in [3.8, 4) is 0 Å². The summed E-state index contributed by atoms with van der Waals surface area (Å²) >= 11 is 0. The van der Waals surface area contributed by atoms with E-state index in [0.717, 1.165) is 12.0 Å². The number of ether oxygens (including phenoxy) is 5. The Morgan fingerprint density at radius 2 is 1.57 bits per heavy atom. The van der Waals surface area contributed by atoms with E-state index in [2.05, 4.69) is 0 Å². The van der Waals surface area contributed by atoms with Gasteiger partial charge in [-0.2, -0.15) is 0 Å². The molecule has 14 nitrogen and oxygen atoms in total. The van der Waals surface area contributed by atoms with Crippen molar-refractivity contribution >= 4 is 29.2 Å². The highest BCUT2D eigenvalue weighted by Crippen LogP contribution is 2.38. The fraction of sp³-hybridized carbons (Fsp3) is 0.745. The number of esters is 1. The highest BCUT2D eigenvalue weighted by molar-refractivity contribution is 6.39. The molecule has 366 valence electrons. The first kappa shape index (κ1) is 54.2. The summed E-state index contributed by atoms with van der Waals surface area (Å²) in [5.74, 6) is -7.96. The Bertz CT molecular complexity index is 1760. The summed E-state index contributed by atoms with van der Waals surface area (Å²) in [6.45, 7) is 12.7. The number of hydrogen-bond acceptors (Lipinski definition) is 13. The molecule has 65 heavy (non-hydrogen) atoms. The molecule has 4 aliphatic rings. The molecule has 0 radical (unpaired) electrons. The summed E-state index contributed by atoms with van der Waals surface area (Å²) in [5, 5.41) is 33.8. The van der Waals surface area contributed by atoms with Crippen molar-refractivity contribution < 1.29 is 63.0 Å². The number of hydrogen-bond donors (Lipinski definition) is 3. The molecule has 2 bridgehead atoms. The molecule has 2 saturated heterocycles. The number of amides is 1. The lowest BCUT2D eigenvalue weighted by molar-refractivity contribution is -0.265. The van der Waals surface area contributed by atoms with Gasteiger partial charge in [-0.05, 0) is 107 Å². The predicted molar refractivity (Wildman–Crippen MR) is 245 cm³/mol. The van der Waals surface area contributed by atoms with E-state index in [9.17, 15) is 39.3 Å². The lowest BCUT2D eigenvalue weighted by atomic mass is 9.78. The van der Waals surface area contributed by atoms with Crippen LogP contribution in [0.3, 0.4) is 0 Å². The molecule has 0 aromatic heterocycles. The molecule has 15 atom stereocenters. The van der Waals surface area contributed by atoms with Gasteiger partial charge in [0, 0.05) is 58.5 Å². The quantitative estimate of drug-likeness (QED) is 0.156. The summed E-state index contributed by atoms with van der Waals surface area (Å²) in [5.41, 5.74) is 1.27. The normalized spacial score (nSPS) is 39.1. The molecule has 1 unspecified atom stereocenters. The van der Waals surface area contributed by atoms with Crippen molar-refractivity contribution in [1.29, 1.82) is 0 Å². The van der Waals surface area contributed by atoms with Crippen LogP contribution in [-0.2, 0) is 47.7 Å². The van der Waals surface area contributed by atoms with Crippen LogP contribution >= 0.6 is 0 Å². The summed E-state index contributed by atoms with van der Waals surface area (Å²) in [7, 11) is 4.52. The van der Waals surface area contributed by atoms with Gasteiger partial charge in [0.2, 0.25) is 5.79 Å². The van der Waals surface area contributed by atoms with E-state index in [1.165, 1.54) is 12.0 Å². The maximum Gasteiger partial charge on any atom is 0.329 e. The van der Waals surface area contributed by atoms with E-state index in [1.807, 2.05) is 58.1 Å². The Balaban J connectivity index is 1.70. The van der Waals surface area contributed by atoms with Gasteiger partial charge in [0.15, 0.2) is 5.78 Å². The number of fused-ring (bicyclic) bond motifs is 3. The van der Waals surface area contributed by atoms with E-state index < -0.39 is 83.9 Å². The minimum Gasteiger partial charge on any atom is -0.460 e. The van der Waals surface area contributed by atoms with E-state index in [4.69, 9.17) is 23.7 Å². The number of aliphatic hydroxyl groups is 3.